The van der Waals surface area contributed by atoms with E-state index in [0.717, 1.165) is 5.30 Å². The predicted octanol–water partition coefficient (Wildman–Crippen LogP) is 3.53. The summed E-state index contributed by atoms with van der Waals surface area (Å²) in [5.74, 6) is 0. The maximum absolute atomic E-state index is 5.79. The standard InChI is InChI=1S/C6H3Cl4P/c7-2-1-3(11)5(9)6(10)4(2)8/h1H,11H2/p+1. The van der Waals surface area contributed by atoms with Crippen LogP contribution in [-0.4, -0.2) is 0 Å². The van der Waals surface area contributed by atoms with Crippen molar-refractivity contribution in [2.75, 3.05) is 0 Å². The molecule has 0 spiro atoms. The smallest absolute Gasteiger partial charge is 0.0825 e. The van der Waals surface area contributed by atoms with E-state index in [1.807, 2.05) is 0 Å². The first-order valence-corrected chi connectivity index (χ1v) is 4.91. The third kappa shape index (κ3) is 1.94. The summed E-state index contributed by atoms with van der Waals surface area (Å²) in [5, 5.41) is 2.40. The van der Waals surface area contributed by atoms with E-state index in [9.17, 15) is 0 Å². The minimum absolute atomic E-state index is 0.314. The van der Waals surface area contributed by atoms with E-state index >= 15 is 0 Å². The zero-order valence-electron chi connectivity index (χ0n) is 5.30. The van der Waals surface area contributed by atoms with Gasteiger partial charge in [0.15, 0.2) is 0 Å². The normalized spacial score (nSPS) is 10.5. The summed E-state index contributed by atoms with van der Waals surface area (Å²) >= 11 is 23.0. The molecule has 0 aromatic heterocycles. The van der Waals surface area contributed by atoms with E-state index < -0.39 is 0 Å². The lowest BCUT2D eigenvalue weighted by Crippen LogP contribution is -1.93. The molecule has 60 valence electrons. The van der Waals surface area contributed by atoms with Gasteiger partial charge in [-0.25, -0.2) is 0 Å². The number of rotatable bonds is 0. The zero-order valence-corrected chi connectivity index (χ0v) is 9.73. The van der Waals surface area contributed by atoms with Crippen molar-refractivity contribution in [2.24, 2.45) is 0 Å². The number of hydrogen-bond acceptors (Lipinski definition) is 0. The van der Waals surface area contributed by atoms with Crippen molar-refractivity contribution in [1.29, 1.82) is 0 Å². The Labute approximate surface area is 87.0 Å². The van der Waals surface area contributed by atoms with Crippen molar-refractivity contribution in [3.8, 4) is 0 Å². The van der Waals surface area contributed by atoms with Gasteiger partial charge in [-0.05, 0) is 0 Å². The van der Waals surface area contributed by atoms with Gasteiger partial charge >= 0.3 is 0 Å². The van der Waals surface area contributed by atoms with Crippen LogP contribution in [0, 0.1) is 0 Å². The molecule has 1 rings (SSSR count). The third-order valence-electron chi connectivity index (χ3n) is 1.18. The van der Waals surface area contributed by atoms with Crippen LogP contribution >= 0.6 is 55.6 Å². The van der Waals surface area contributed by atoms with Crippen LogP contribution in [-0.2, 0) is 0 Å². The fourth-order valence-electron chi connectivity index (χ4n) is 0.622. The van der Waals surface area contributed by atoms with Crippen molar-refractivity contribution in [1.82, 2.24) is 0 Å². The molecule has 0 N–H and O–H groups in total. The maximum Gasteiger partial charge on any atom is 0.108 e. The van der Waals surface area contributed by atoms with Crippen LogP contribution in [0.5, 0.6) is 0 Å². The summed E-state index contributed by atoms with van der Waals surface area (Å²) in [7, 11) is 1.62. The number of halogens is 4. The fourth-order valence-corrected chi connectivity index (χ4v) is 2.09. The van der Waals surface area contributed by atoms with Gasteiger partial charge in [0.2, 0.25) is 0 Å². The van der Waals surface area contributed by atoms with Crippen LogP contribution in [0.1, 0.15) is 0 Å². The Bertz CT molecular complexity index is 271. The third-order valence-corrected chi connectivity index (χ3v) is 3.75. The molecular weight excluding hydrogens is 245 g/mol. The molecule has 1 aromatic carbocycles. The first-order chi connectivity index (χ1) is 5.04. The average molecular weight is 249 g/mol. The van der Waals surface area contributed by atoms with Gasteiger partial charge in [-0.3, -0.25) is 0 Å². The van der Waals surface area contributed by atoms with Crippen molar-refractivity contribution < 1.29 is 0 Å². The predicted molar refractivity (Wildman–Crippen MR) is 57.2 cm³/mol. The number of hydrogen-bond donors (Lipinski definition) is 0. The van der Waals surface area contributed by atoms with Gasteiger partial charge in [0.1, 0.15) is 10.3 Å². The van der Waals surface area contributed by atoms with Gasteiger partial charge in [0, 0.05) is 15.3 Å². The topological polar surface area (TPSA) is 0 Å². The van der Waals surface area contributed by atoms with Crippen molar-refractivity contribution >= 4 is 60.9 Å². The van der Waals surface area contributed by atoms with Crippen molar-refractivity contribution in [2.45, 2.75) is 0 Å². The van der Waals surface area contributed by atoms with Crippen LogP contribution in [0.4, 0.5) is 0 Å². The van der Waals surface area contributed by atoms with Gasteiger partial charge < -0.3 is 0 Å². The number of benzene rings is 1. The van der Waals surface area contributed by atoms with Gasteiger partial charge in [-0.15, -0.1) is 0 Å². The molecule has 1 atom stereocenters. The molecule has 0 nitrogen and oxygen atoms in total. The highest BCUT2D eigenvalue weighted by atomic mass is 35.5. The van der Waals surface area contributed by atoms with Crippen LogP contribution in [0.2, 0.25) is 20.1 Å². The Morgan fingerprint density at radius 1 is 0.909 bits per heavy atom. The van der Waals surface area contributed by atoms with Gasteiger partial charge in [0.25, 0.3) is 0 Å². The Balaban J connectivity index is 3.46. The molecule has 0 amide bonds. The van der Waals surface area contributed by atoms with Gasteiger partial charge in [0.05, 0.1) is 15.1 Å². The highest BCUT2D eigenvalue weighted by Crippen LogP contribution is 2.34. The summed E-state index contributed by atoms with van der Waals surface area (Å²) in [6.45, 7) is 0. The molecule has 0 heterocycles. The largest absolute Gasteiger partial charge is 0.108 e. The van der Waals surface area contributed by atoms with Gasteiger partial charge in [-0.1, -0.05) is 46.4 Å². The Morgan fingerprint density at radius 3 is 2.00 bits per heavy atom. The molecule has 0 aliphatic heterocycles. The van der Waals surface area contributed by atoms with Crippen molar-refractivity contribution in [3.63, 3.8) is 0 Å². The lowest BCUT2D eigenvalue weighted by atomic mass is 10.3. The first-order valence-electron chi connectivity index (χ1n) is 2.69. The zero-order chi connectivity index (χ0) is 8.59. The molecule has 0 saturated heterocycles. The molecule has 0 bridgehead atoms. The SMILES string of the molecule is [PH3+]c1cc(Cl)c(Cl)c(Cl)c1Cl. The van der Waals surface area contributed by atoms with Crippen LogP contribution < -0.4 is 5.30 Å². The minimum atomic E-state index is 0.314. The summed E-state index contributed by atoms with van der Waals surface area (Å²) in [4.78, 5) is 0. The lowest BCUT2D eigenvalue weighted by Gasteiger charge is -2.00. The second-order valence-corrected chi connectivity index (χ2v) is 4.26. The highest BCUT2D eigenvalue weighted by Gasteiger charge is 2.12. The van der Waals surface area contributed by atoms with E-state index in [4.69, 9.17) is 46.4 Å². The van der Waals surface area contributed by atoms with Crippen LogP contribution in [0.15, 0.2) is 6.07 Å². The van der Waals surface area contributed by atoms with Crippen LogP contribution in [0.25, 0.3) is 0 Å². The van der Waals surface area contributed by atoms with E-state index in [0.29, 0.717) is 20.1 Å². The minimum Gasteiger partial charge on any atom is -0.0825 e. The molecule has 5 heteroatoms. The molecule has 0 saturated carbocycles. The van der Waals surface area contributed by atoms with Crippen LogP contribution in [0.3, 0.4) is 0 Å². The lowest BCUT2D eigenvalue weighted by molar-refractivity contribution is 1.76. The monoisotopic (exact) mass is 247 g/mol. The maximum atomic E-state index is 5.79. The molecule has 1 unspecified atom stereocenters. The molecule has 0 aliphatic rings. The molecule has 0 fully saturated rings. The molecular formula is C6H4Cl4P+. The Hall–Kier alpha value is 0.810. The quantitative estimate of drug-likeness (QED) is 0.374. The summed E-state index contributed by atoms with van der Waals surface area (Å²) < 4.78 is 0. The Morgan fingerprint density at radius 2 is 1.45 bits per heavy atom. The summed E-state index contributed by atoms with van der Waals surface area (Å²) in [6.07, 6.45) is 0. The molecule has 1 aromatic rings. The molecule has 11 heavy (non-hydrogen) atoms. The summed E-state index contributed by atoms with van der Waals surface area (Å²) in [6, 6.07) is 1.69. The second kappa shape index (κ2) is 3.68. The highest BCUT2D eigenvalue weighted by molar-refractivity contribution is 7.28. The first kappa shape index (κ1) is 9.89. The van der Waals surface area contributed by atoms with Gasteiger partial charge in [-0.2, -0.15) is 0 Å². The van der Waals surface area contributed by atoms with Crippen molar-refractivity contribution in [3.05, 3.63) is 26.2 Å². The average Bonchev–Trinajstić information content (AvgIpc) is 1.97. The molecule has 0 aliphatic carbocycles. The van der Waals surface area contributed by atoms with E-state index in [1.165, 1.54) is 0 Å². The second-order valence-electron chi connectivity index (χ2n) is 1.96. The Kier molecular flexibility index (Phi) is 3.31. The fraction of sp³-hybridized carbons (Fsp3) is 0. The van der Waals surface area contributed by atoms with E-state index in [1.54, 1.807) is 15.3 Å². The summed E-state index contributed by atoms with van der Waals surface area (Å²) in [5.41, 5.74) is 0. The molecule has 0 radical (unpaired) electrons. The van der Waals surface area contributed by atoms with E-state index in [2.05, 4.69) is 0 Å². The van der Waals surface area contributed by atoms with E-state index in [-0.39, 0.29) is 0 Å².